The fourth-order valence-corrected chi connectivity index (χ4v) is 1.65. The summed E-state index contributed by atoms with van der Waals surface area (Å²) in [5, 5.41) is 25.0. The van der Waals surface area contributed by atoms with Crippen LogP contribution >= 0.6 is 0 Å². The second kappa shape index (κ2) is 14.9. The summed E-state index contributed by atoms with van der Waals surface area (Å²) in [5.41, 5.74) is 0. The normalized spacial score (nSPS) is 23.5. The number of piperidine rings is 1. The zero-order valence-electron chi connectivity index (χ0n) is 12.3. The Kier molecular flexibility index (Phi) is 16.6. The molecule has 0 aromatic carbocycles. The van der Waals surface area contributed by atoms with Crippen LogP contribution in [-0.4, -0.2) is 72.9 Å². The van der Waals surface area contributed by atoms with Gasteiger partial charge in [-0.1, -0.05) is 6.92 Å². The first-order valence-electron chi connectivity index (χ1n) is 6.67. The average Bonchev–Trinajstić information content (AvgIpc) is 2.42. The lowest BCUT2D eigenvalue weighted by molar-refractivity contribution is 0.0307. The van der Waals surface area contributed by atoms with Crippen molar-refractivity contribution in [2.45, 2.75) is 45.3 Å². The van der Waals surface area contributed by atoms with Crippen LogP contribution in [0.4, 0.5) is 0 Å². The highest BCUT2D eigenvalue weighted by Gasteiger charge is 2.23. The van der Waals surface area contributed by atoms with E-state index in [0.29, 0.717) is 6.42 Å². The molecule has 1 aliphatic rings. The molecule has 112 valence electrons. The SMILES string of the molecule is CCCOCC.CN1CCC(O)CC1CO.CO. The summed E-state index contributed by atoms with van der Waals surface area (Å²) in [4.78, 5) is 2.09. The molecule has 0 radical (unpaired) electrons. The maximum Gasteiger partial charge on any atom is 0.0587 e. The van der Waals surface area contributed by atoms with Gasteiger partial charge in [0, 0.05) is 32.9 Å². The molecule has 0 aromatic heterocycles. The number of ether oxygens (including phenoxy) is 1. The van der Waals surface area contributed by atoms with Crippen LogP contribution in [0, 0.1) is 0 Å². The first-order valence-corrected chi connectivity index (χ1v) is 6.67. The number of hydrogen-bond donors (Lipinski definition) is 3. The van der Waals surface area contributed by atoms with Crippen LogP contribution in [0.2, 0.25) is 0 Å². The van der Waals surface area contributed by atoms with Gasteiger partial charge in [-0.2, -0.15) is 0 Å². The summed E-state index contributed by atoms with van der Waals surface area (Å²) in [5.74, 6) is 0. The van der Waals surface area contributed by atoms with Gasteiger partial charge in [-0.05, 0) is 33.2 Å². The maximum atomic E-state index is 9.19. The molecule has 18 heavy (non-hydrogen) atoms. The van der Waals surface area contributed by atoms with E-state index in [2.05, 4.69) is 11.8 Å². The van der Waals surface area contributed by atoms with Crippen molar-refractivity contribution in [2.75, 3.05) is 40.5 Å². The van der Waals surface area contributed by atoms with E-state index in [1.54, 1.807) is 0 Å². The molecular weight excluding hydrogens is 234 g/mol. The Bertz CT molecular complexity index is 154. The van der Waals surface area contributed by atoms with Gasteiger partial charge in [0.1, 0.15) is 0 Å². The van der Waals surface area contributed by atoms with E-state index in [1.807, 2.05) is 14.0 Å². The molecule has 0 saturated carbocycles. The van der Waals surface area contributed by atoms with Crippen molar-refractivity contribution in [1.29, 1.82) is 0 Å². The predicted octanol–water partition coefficient (Wildman–Crippen LogP) is 0.475. The second-order valence-corrected chi connectivity index (χ2v) is 4.19. The van der Waals surface area contributed by atoms with E-state index < -0.39 is 0 Å². The second-order valence-electron chi connectivity index (χ2n) is 4.19. The maximum absolute atomic E-state index is 9.19. The summed E-state index contributed by atoms with van der Waals surface area (Å²) in [6.45, 7) is 6.94. The Labute approximate surface area is 111 Å². The molecule has 1 fully saturated rings. The molecular formula is C13H31NO4. The monoisotopic (exact) mass is 265 g/mol. The topological polar surface area (TPSA) is 73.2 Å². The van der Waals surface area contributed by atoms with Crippen molar-refractivity contribution >= 4 is 0 Å². The summed E-state index contributed by atoms with van der Waals surface area (Å²) in [6.07, 6.45) is 2.49. The van der Waals surface area contributed by atoms with Gasteiger partial charge in [-0.25, -0.2) is 0 Å². The van der Waals surface area contributed by atoms with Crippen LogP contribution in [0.1, 0.15) is 33.1 Å². The molecule has 1 heterocycles. The Morgan fingerprint density at radius 3 is 2.22 bits per heavy atom. The Morgan fingerprint density at radius 1 is 1.28 bits per heavy atom. The van der Waals surface area contributed by atoms with E-state index in [-0.39, 0.29) is 18.8 Å². The van der Waals surface area contributed by atoms with Gasteiger partial charge < -0.3 is 25.0 Å². The number of likely N-dealkylation sites (N-methyl/N-ethyl adjacent to an activating group) is 1. The number of likely N-dealkylation sites (tertiary alicyclic amines) is 1. The lowest BCUT2D eigenvalue weighted by Gasteiger charge is -2.33. The number of nitrogens with zero attached hydrogens (tertiary/aromatic N) is 1. The minimum absolute atomic E-state index is 0.160. The molecule has 1 rings (SSSR count). The highest BCUT2D eigenvalue weighted by Crippen LogP contribution is 2.14. The van der Waals surface area contributed by atoms with Crippen LogP contribution in [0.25, 0.3) is 0 Å². The van der Waals surface area contributed by atoms with Crippen LogP contribution < -0.4 is 0 Å². The minimum atomic E-state index is -0.201. The molecule has 5 nitrogen and oxygen atoms in total. The summed E-state index contributed by atoms with van der Waals surface area (Å²) < 4.78 is 4.98. The molecule has 0 bridgehead atoms. The molecule has 0 amide bonds. The van der Waals surface area contributed by atoms with E-state index >= 15 is 0 Å². The van der Waals surface area contributed by atoms with Gasteiger partial charge in [0.2, 0.25) is 0 Å². The number of rotatable bonds is 4. The van der Waals surface area contributed by atoms with Crippen molar-refractivity contribution < 1.29 is 20.1 Å². The van der Waals surface area contributed by atoms with Crippen LogP contribution in [0.3, 0.4) is 0 Å². The first kappa shape index (κ1) is 20.1. The summed E-state index contributed by atoms with van der Waals surface area (Å²) in [6, 6.07) is 0.170. The van der Waals surface area contributed by atoms with Crippen LogP contribution in [0.5, 0.6) is 0 Å². The molecule has 5 heteroatoms. The smallest absolute Gasteiger partial charge is 0.0587 e. The van der Waals surface area contributed by atoms with Gasteiger partial charge in [0.15, 0.2) is 0 Å². The average molecular weight is 265 g/mol. The van der Waals surface area contributed by atoms with Gasteiger partial charge in [0.05, 0.1) is 12.7 Å². The summed E-state index contributed by atoms with van der Waals surface area (Å²) >= 11 is 0. The fourth-order valence-electron chi connectivity index (χ4n) is 1.65. The molecule has 0 aromatic rings. The Balaban J connectivity index is 0. The van der Waals surface area contributed by atoms with Gasteiger partial charge in [-0.15, -0.1) is 0 Å². The van der Waals surface area contributed by atoms with Crippen LogP contribution in [-0.2, 0) is 4.74 Å². The van der Waals surface area contributed by atoms with Crippen molar-refractivity contribution in [2.24, 2.45) is 0 Å². The van der Waals surface area contributed by atoms with E-state index in [0.717, 1.165) is 39.7 Å². The van der Waals surface area contributed by atoms with Crippen molar-refractivity contribution in [3.8, 4) is 0 Å². The zero-order chi connectivity index (χ0) is 14.4. The number of aliphatic hydroxyl groups is 3. The van der Waals surface area contributed by atoms with Crippen molar-refractivity contribution in [1.82, 2.24) is 4.90 Å². The third kappa shape index (κ3) is 10.9. The van der Waals surface area contributed by atoms with E-state index in [9.17, 15) is 5.11 Å². The Hall–Kier alpha value is -0.200. The highest BCUT2D eigenvalue weighted by molar-refractivity contribution is 4.78. The third-order valence-corrected chi connectivity index (χ3v) is 2.75. The van der Waals surface area contributed by atoms with Crippen molar-refractivity contribution in [3.63, 3.8) is 0 Å². The molecule has 1 aliphatic heterocycles. The molecule has 1 saturated heterocycles. The third-order valence-electron chi connectivity index (χ3n) is 2.75. The van der Waals surface area contributed by atoms with E-state index in [4.69, 9.17) is 14.9 Å². The highest BCUT2D eigenvalue weighted by atomic mass is 16.5. The molecule has 3 N–H and O–H groups in total. The zero-order valence-corrected chi connectivity index (χ0v) is 12.3. The first-order chi connectivity index (χ1) is 8.65. The minimum Gasteiger partial charge on any atom is -0.400 e. The number of aliphatic hydroxyl groups excluding tert-OH is 3. The van der Waals surface area contributed by atoms with Gasteiger partial charge >= 0.3 is 0 Å². The van der Waals surface area contributed by atoms with Crippen LogP contribution in [0.15, 0.2) is 0 Å². The molecule has 0 aliphatic carbocycles. The van der Waals surface area contributed by atoms with Crippen molar-refractivity contribution in [3.05, 3.63) is 0 Å². The Morgan fingerprint density at radius 2 is 1.89 bits per heavy atom. The molecule has 2 atom stereocenters. The quantitative estimate of drug-likeness (QED) is 0.645. The molecule has 0 spiro atoms. The molecule has 2 unspecified atom stereocenters. The largest absolute Gasteiger partial charge is 0.400 e. The predicted molar refractivity (Wildman–Crippen MR) is 73.7 cm³/mol. The summed E-state index contributed by atoms with van der Waals surface area (Å²) in [7, 11) is 2.98. The lowest BCUT2D eigenvalue weighted by atomic mass is 10.0. The van der Waals surface area contributed by atoms with Gasteiger partial charge in [-0.3, -0.25) is 0 Å². The van der Waals surface area contributed by atoms with Gasteiger partial charge in [0.25, 0.3) is 0 Å². The fraction of sp³-hybridized carbons (Fsp3) is 1.00. The standard InChI is InChI=1S/C7H15NO2.C5H12O.CH4O/c1-8-3-2-7(10)4-6(8)5-9;1-3-5-6-4-2;1-2/h6-7,9-10H,2-5H2,1H3;3-5H2,1-2H3;2H,1H3. The lowest BCUT2D eigenvalue weighted by Crippen LogP contribution is -2.43. The van der Waals surface area contributed by atoms with E-state index in [1.165, 1.54) is 0 Å². The number of hydrogen-bond acceptors (Lipinski definition) is 5.